The smallest absolute Gasteiger partial charge is 0.237 e. The van der Waals surface area contributed by atoms with Crippen LogP contribution in [0.2, 0.25) is 0 Å². The van der Waals surface area contributed by atoms with Gasteiger partial charge in [-0.3, -0.25) is 4.79 Å². The van der Waals surface area contributed by atoms with Crippen molar-refractivity contribution < 1.29 is 4.79 Å². The van der Waals surface area contributed by atoms with E-state index in [1.807, 2.05) is 38.4 Å². The summed E-state index contributed by atoms with van der Waals surface area (Å²) in [6, 6.07) is 6.75. The number of imidazole rings is 1. The number of rotatable bonds is 6. The number of thioether (sulfide) groups is 1. The molecule has 0 aliphatic heterocycles. The van der Waals surface area contributed by atoms with Gasteiger partial charge in [0.05, 0.1) is 5.25 Å². The quantitative estimate of drug-likeness (QED) is 0.769. The summed E-state index contributed by atoms with van der Waals surface area (Å²) in [5, 5.41) is 3.89. The Balaban J connectivity index is 1.72. The minimum absolute atomic E-state index is 0.0292. The Labute approximate surface area is 148 Å². The molecule has 1 aromatic carbocycles. The molecule has 0 spiro atoms. The zero-order valence-corrected chi connectivity index (χ0v) is 15.6. The lowest BCUT2D eigenvalue weighted by Crippen LogP contribution is -2.24. The predicted octanol–water partition coefficient (Wildman–Crippen LogP) is 4.77. The van der Waals surface area contributed by atoms with E-state index in [1.54, 1.807) is 0 Å². The molecule has 5 heteroatoms. The van der Waals surface area contributed by atoms with Gasteiger partial charge in [0.2, 0.25) is 5.91 Å². The largest absolute Gasteiger partial charge is 0.325 e. The van der Waals surface area contributed by atoms with Crippen molar-refractivity contribution in [1.29, 1.82) is 0 Å². The SMILES string of the molecule is Cc1cccc(C(C)C)c1NC(=O)C(C)Sc1nccn1C1CC1. The van der Waals surface area contributed by atoms with Crippen molar-refractivity contribution in [3.05, 3.63) is 41.7 Å². The Bertz CT molecular complexity index is 734. The number of carbonyl (C=O) groups is 1. The standard InChI is InChI=1S/C19H25N3OS/c1-12(2)16-7-5-6-13(3)17(16)21-18(23)14(4)24-19-20-10-11-22(19)15-8-9-15/h5-7,10-12,14-15H,8-9H2,1-4H3,(H,21,23). The maximum absolute atomic E-state index is 12.7. The molecular weight excluding hydrogens is 318 g/mol. The van der Waals surface area contributed by atoms with Crippen LogP contribution in [-0.4, -0.2) is 20.7 Å². The first-order chi connectivity index (χ1) is 11.5. The van der Waals surface area contributed by atoms with Gasteiger partial charge in [0.1, 0.15) is 0 Å². The number of hydrogen-bond acceptors (Lipinski definition) is 3. The number of anilines is 1. The maximum Gasteiger partial charge on any atom is 0.237 e. The molecule has 2 aromatic rings. The molecule has 1 atom stereocenters. The lowest BCUT2D eigenvalue weighted by molar-refractivity contribution is -0.115. The Morgan fingerprint density at radius 2 is 2.08 bits per heavy atom. The van der Waals surface area contributed by atoms with Gasteiger partial charge in [0.15, 0.2) is 5.16 Å². The summed E-state index contributed by atoms with van der Waals surface area (Å²) < 4.78 is 2.20. The maximum atomic E-state index is 12.7. The van der Waals surface area contributed by atoms with E-state index in [2.05, 4.69) is 34.8 Å². The number of para-hydroxylation sites is 1. The number of amides is 1. The number of carbonyl (C=O) groups excluding carboxylic acids is 1. The molecule has 4 nitrogen and oxygen atoms in total. The molecule has 0 bridgehead atoms. The molecule has 1 aliphatic rings. The number of hydrogen-bond donors (Lipinski definition) is 1. The van der Waals surface area contributed by atoms with Crippen LogP contribution in [0.15, 0.2) is 35.7 Å². The third kappa shape index (κ3) is 3.66. The van der Waals surface area contributed by atoms with E-state index in [0.717, 1.165) is 16.4 Å². The van der Waals surface area contributed by atoms with Crippen LogP contribution in [0.25, 0.3) is 0 Å². The second-order valence-corrected chi connectivity index (χ2v) is 8.10. The molecule has 3 rings (SSSR count). The molecule has 1 saturated carbocycles. The third-order valence-electron chi connectivity index (χ3n) is 4.40. The number of benzene rings is 1. The summed E-state index contributed by atoms with van der Waals surface area (Å²) >= 11 is 1.53. The van der Waals surface area contributed by atoms with E-state index in [4.69, 9.17) is 0 Å². The Kier molecular flexibility index (Phi) is 4.99. The fourth-order valence-corrected chi connectivity index (χ4v) is 3.74. The highest BCUT2D eigenvalue weighted by molar-refractivity contribution is 8.00. The second kappa shape index (κ2) is 7.01. The van der Waals surface area contributed by atoms with Crippen LogP contribution in [0.3, 0.4) is 0 Å². The molecule has 128 valence electrons. The highest BCUT2D eigenvalue weighted by atomic mass is 32.2. The van der Waals surface area contributed by atoms with E-state index in [-0.39, 0.29) is 11.2 Å². The third-order valence-corrected chi connectivity index (χ3v) is 5.49. The van der Waals surface area contributed by atoms with E-state index in [0.29, 0.717) is 12.0 Å². The van der Waals surface area contributed by atoms with Crippen LogP contribution in [0.5, 0.6) is 0 Å². The van der Waals surface area contributed by atoms with E-state index < -0.39 is 0 Å². The van der Waals surface area contributed by atoms with Crippen LogP contribution < -0.4 is 5.32 Å². The van der Waals surface area contributed by atoms with Gasteiger partial charge < -0.3 is 9.88 Å². The van der Waals surface area contributed by atoms with Gasteiger partial charge in [0.25, 0.3) is 0 Å². The highest BCUT2D eigenvalue weighted by Gasteiger charge is 2.27. The van der Waals surface area contributed by atoms with Crippen molar-refractivity contribution in [2.24, 2.45) is 0 Å². The molecule has 1 N–H and O–H groups in total. The van der Waals surface area contributed by atoms with Crippen molar-refractivity contribution in [3.63, 3.8) is 0 Å². The topological polar surface area (TPSA) is 46.9 Å². The molecule has 0 saturated heterocycles. The van der Waals surface area contributed by atoms with Crippen LogP contribution in [0.1, 0.15) is 56.7 Å². The fraction of sp³-hybridized carbons (Fsp3) is 0.474. The number of aryl methyl sites for hydroxylation is 1. The van der Waals surface area contributed by atoms with E-state index in [1.165, 1.54) is 30.2 Å². The summed E-state index contributed by atoms with van der Waals surface area (Å²) in [6.45, 7) is 8.28. The van der Waals surface area contributed by atoms with E-state index in [9.17, 15) is 4.79 Å². The minimum atomic E-state index is -0.190. The molecule has 0 radical (unpaired) electrons. The Morgan fingerprint density at radius 3 is 2.75 bits per heavy atom. The van der Waals surface area contributed by atoms with Crippen LogP contribution in [-0.2, 0) is 4.79 Å². The molecule has 24 heavy (non-hydrogen) atoms. The van der Waals surface area contributed by atoms with Gasteiger partial charge in [-0.1, -0.05) is 43.8 Å². The molecule has 1 aromatic heterocycles. The average molecular weight is 343 g/mol. The molecule has 1 unspecified atom stereocenters. The van der Waals surface area contributed by atoms with Crippen LogP contribution >= 0.6 is 11.8 Å². The molecule has 1 aliphatic carbocycles. The second-order valence-electron chi connectivity index (χ2n) is 6.79. The van der Waals surface area contributed by atoms with E-state index >= 15 is 0 Å². The molecule has 1 amide bonds. The lowest BCUT2D eigenvalue weighted by atomic mass is 9.98. The molecule has 1 heterocycles. The van der Waals surface area contributed by atoms with Crippen molar-refractivity contribution in [2.75, 3.05) is 5.32 Å². The number of nitrogens with one attached hydrogen (secondary N) is 1. The summed E-state index contributed by atoms with van der Waals surface area (Å²) in [4.78, 5) is 17.1. The summed E-state index contributed by atoms with van der Waals surface area (Å²) in [5.74, 6) is 0.401. The molecule has 1 fully saturated rings. The van der Waals surface area contributed by atoms with Gasteiger partial charge in [0, 0.05) is 24.1 Å². The highest BCUT2D eigenvalue weighted by Crippen LogP contribution is 2.38. The zero-order valence-electron chi connectivity index (χ0n) is 14.7. The van der Waals surface area contributed by atoms with Gasteiger partial charge in [-0.2, -0.15) is 0 Å². The van der Waals surface area contributed by atoms with Gasteiger partial charge in [-0.25, -0.2) is 4.98 Å². The van der Waals surface area contributed by atoms with Gasteiger partial charge in [-0.15, -0.1) is 0 Å². The Hall–Kier alpha value is -1.75. The average Bonchev–Trinajstić information content (AvgIpc) is 3.28. The monoisotopic (exact) mass is 343 g/mol. The zero-order chi connectivity index (χ0) is 17.3. The molecular formula is C19H25N3OS. The first kappa shape index (κ1) is 17.1. The fourth-order valence-electron chi connectivity index (χ4n) is 2.80. The lowest BCUT2D eigenvalue weighted by Gasteiger charge is -2.18. The first-order valence-electron chi connectivity index (χ1n) is 8.57. The summed E-state index contributed by atoms with van der Waals surface area (Å²) in [5.41, 5.74) is 3.24. The predicted molar refractivity (Wildman–Crippen MR) is 99.7 cm³/mol. The number of nitrogens with zero attached hydrogens (tertiary/aromatic N) is 2. The van der Waals surface area contributed by atoms with Crippen LogP contribution in [0.4, 0.5) is 5.69 Å². The van der Waals surface area contributed by atoms with Gasteiger partial charge in [-0.05, 0) is 43.7 Å². The normalized spacial score (nSPS) is 15.5. The van der Waals surface area contributed by atoms with Crippen molar-refractivity contribution in [3.8, 4) is 0 Å². The number of aromatic nitrogens is 2. The van der Waals surface area contributed by atoms with Crippen molar-refractivity contribution in [2.45, 2.75) is 62.9 Å². The van der Waals surface area contributed by atoms with Crippen LogP contribution in [0, 0.1) is 6.92 Å². The Morgan fingerprint density at radius 1 is 1.33 bits per heavy atom. The minimum Gasteiger partial charge on any atom is -0.325 e. The first-order valence-corrected chi connectivity index (χ1v) is 9.45. The van der Waals surface area contributed by atoms with Crippen molar-refractivity contribution >= 4 is 23.4 Å². The van der Waals surface area contributed by atoms with Crippen molar-refractivity contribution in [1.82, 2.24) is 9.55 Å². The summed E-state index contributed by atoms with van der Waals surface area (Å²) in [7, 11) is 0. The van der Waals surface area contributed by atoms with Gasteiger partial charge >= 0.3 is 0 Å². The summed E-state index contributed by atoms with van der Waals surface area (Å²) in [6.07, 6.45) is 6.27.